The van der Waals surface area contributed by atoms with E-state index in [4.69, 9.17) is 14.2 Å². The number of hydrogen-bond donors (Lipinski definition) is 0. The summed E-state index contributed by atoms with van der Waals surface area (Å²) in [6, 6.07) is 13.0. The monoisotopic (exact) mass is 369 g/mol. The van der Waals surface area contributed by atoms with Crippen LogP contribution < -0.4 is 9.47 Å². The van der Waals surface area contributed by atoms with Crippen LogP contribution in [-0.2, 0) is 11.3 Å². The third kappa shape index (κ3) is 3.70. The SMILES string of the molecule is COc1cccc(-c2nc(COC(=O)c3ccccc3C)cs2)c1OC. The molecular weight excluding hydrogens is 350 g/mol. The number of esters is 1. The number of carbonyl (C=O) groups excluding carboxylic acids is 1. The lowest BCUT2D eigenvalue weighted by molar-refractivity contribution is 0.0467. The van der Waals surface area contributed by atoms with Crippen molar-refractivity contribution >= 4 is 17.3 Å². The normalized spacial score (nSPS) is 10.4. The fourth-order valence-corrected chi connectivity index (χ4v) is 3.40. The van der Waals surface area contributed by atoms with E-state index in [1.54, 1.807) is 20.3 Å². The molecule has 3 rings (SSSR count). The molecule has 6 heteroatoms. The van der Waals surface area contributed by atoms with Gasteiger partial charge >= 0.3 is 5.97 Å². The quantitative estimate of drug-likeness (QED) is 0.599. The van der Waals surface area contributed by atoms with Gasteiger partial charge in [0.2, 0.25) is 0 Å². The zero-order valence-electron chi connectivity index (χ0n) is 14.8. The van der Waals surface area contributed by atoms with E-state index in [2.05, 4.69) is 4.98 Å². The van der Waals surface area contributed by atoms with E-state index in [0.29, 0.717) is 22.8 Å². The Morgan fingerprint density at radius 2 is 1.88 bits per heavy atom. The second-order valence-corrected chi connectivity index (χ2v) is 6.43. The van der Waals surface area contributed by atoms with Crippen LogP contribution >= 0.6 is 11.3 Å². The number of aryl methyl sites for hydroxylation is 1. The summed E-state index contributed by atoms with van der Waals surface area (Å²) in [5.74, 6) is 0.928. The van der Waals surface area contributed by atoms with Crippen LogP contribution in [0.4, 0.5) is 0 Å². The van der Waals surface area contributed by atoms with Crippen LogP contribution in [0.25, 0.3) is 10.6 Å². The summed E-state index contributed by atoms with van der Waals surface area (Å²) >= 11 is 1.46. The zero-order chi connectivity index (χ0) is 18.5. The van der Waals surface area contributed by atoms with Gasteiger partial charge in [0.1, 0.15) is 11.6 Å². The van der Waals surface area contributed by atoms with Crippen LogP contribution in [0.2, 0.25) is 0 Å². The molecule has 0 saturated carbocycles. The molecule has 1 heterocycles. The first-order chi connectivity index (χ1) is 12.6. The average Bonchev–Trinajstić information content (AvgIpc) is 3.14. The number of benzene rings is 2. The first kappa shape index (κ1) is 17.9. The summed E-state index contributed by atoms with van der Waals surface area (Å²) in [6.07, 6.45) is 0. The summed E-state index contributed by atoms with van der Waals surface area (Å²) in [5.41, 5.74) is 2.99. The summed E-state index contributed by atoms with van der Waals surface area (Å²) in [7, 11) is 3.19. The Labute approximate surface area is 156 Å². The Hall–Kier alpha value is -2.86. The van der Waals surface area contributed by atoms with Gasteiger partial charge in [0.05, 0.1) is 31.0 Å². The van der Waals surface area contributed by atoms with Crippen LogP contribution in [0.5, 0.6) is 11.5 Å². The van der Waals surface area contributed by atoms with Crippen molar-refractivity contribution in [3.05, 3.63) is 64.7 Å². The number of nitrogens with zero attached hydrogens (tertiary/aromatic N) is 1. The van der Waals surface area contributed by atoms with Crippen molar-refractivity contribution in [2.75, 3.05) is 14.2 Å². The molecule has 0 saturated heterocycles. The van der Waals surface area contributed by atoms with E-state index in [-0.39, 0.29) is 12.6 Å². The van der Waals surface area contributed by atoms with Crippen molar-refractivity contribution in [2.24, 2.45) is 0 Å². The first-order valence-electron chi connectivity index (χ1n) is 8.02. The smallest absolute Gasteiger partial charge is 0.338 e. The molecule has 0 spiro atoms. The highest BCUT2D eigenvalue weighted by Crippen LogP contribution is 2.39. The third-order valence-electron chi connectivity index (χ3n) is 3.90. The van der Waals surface area contributed by atoms with Gasteiger partial charge in [0, 0.05) is 5.38 Å². The van der Waals surface area contributed by atoms with Crippen molar-refractivity contribution in [3.8, 4) is 22.1 Å². The lowest BCUT2D eigenvalue weighted by Gasteiger charge is -2.10. The van der Waals surface area contributed by atoms with Gasteiger partial charge in [-0.3, -0.25) is 0 Å². The Balaban J connectivity index is 1.75. The third-order valence-corrected chi connectivity index (χ3v) is 4.83. The van der Waals surface area contributed by atoms with Gasteiger partial charge in [-0.2, -0.15) is 0 Å². The van der Waals surface area contributed by atoms with E-state index in [1.165, 1.54) is 11.3 Å². The minimum absolute atomic E-state index is 0.121. The maximum atomic E-state index is 12.2. The molecule has 0 N–H and O–H groups in total. The topological polar surface area (TPSA) is 57.7 Å². The van der Waals surface area contributed by atoms with Crippen molar-refractivity contribution < 1.29 is 19.0 Å². The van der Waals surface area contributed by atoms with Crippen molar-refractivity contribution in [1.29, 1.82) is 0 Å². The lowest BCUT2D eigenvalue weighted by atomic mass is 10.1. The van der Waals surface area contributed by atoms with E-state index in [1.807, 2.05) is 48.7 Å². The Morgan fingerprint density at radius 1 is 1.08 bits per heavy atom. The number of carbonyl (C=O) groups is 1. The Morgan fingerprint density at radius 3 is 2.62 bits per heavy atom. The molecule has 1 aromatic heterocycles. The van der Waals surface area contributed by atoms with Crippen LogP contribution in [0.3, 0.4) is 0 Å². The van der Waals surface area contributed by atoms with E-state index in [9.17, 15) is 4.79 Å². The van der Waals surface area contributed by atoms with Crippen LogP contribution in [0.15, 0.2) is 47.8 Å². The van der Waals surface area contributed by atoms with Crippen molar-refractivity contribution in [3.63, 3.8) is 0 Å². The van der Waals surface area contributed by atoms with Crippen molar-refractivity contribution in [2.45, 2.75) is 13.5 Å². The largest absolute Gasteiger partial charge is 0.493 e. The molecule has 0 atom stereocenters. The molecule has 0 aliphatic carbocycles. The standard InChI is InChI=1S/C20H19NO4S/c1-13-7-4-5-8-15(13)20(22)25-11-14-12-26-19(21-14)16-9-6-10-17(23-2)18(16)24-3/h4-10,12H,11H2,1-3H3. The molecule has 0 radical (unpaired) electrons. The predicted octanol–water partition coefficient (Wildman–Crippen LogP) is 4.49. The molecule has 3 aromatic rings. The maximum Gasteiger partial charge on any atom is 0.338 e. The minimum Gasteiger partial charge on any atom is -0.493 e. The van der Waals surface area contributed by atoms with Crippen LogP contribution in [-0.4, -0.2) is 25.2 Å². The average molecular weight is 369 g/mol. The fraction of sp³-hybridized carbons (Fsp3) is 0.200. The number of methoxy groups -OCH3 is 2. The molecular formula is C20H19NO4S. The van der Waals surface area contributed by atoms with Gasteiger partial charge in [-0.05, 0) is 30.7 Å². The van der Waals surface area contributed by atoms with Gasteiger partial charge in [-0.25, -0.2) is 9.78 Å². The molecule has 26 heavy (non-hydrogen) atoms. The Kier molecular flexibility index (Phi) is 5.53. The van der Waals surface area contributed by atoms with Gasteiger partial charge in [0.25, 0.3) is 0 Å². The second-order valence-electron chi connectivity index (χ2n) is 5.58. The molecule has 5 nitrogen and oxygen atoms in total. The molecule has 2 aromatic carbocycles. The number of aromatic nitrogens is 1. The summed E-state index contributed by atoms with van der Waals surface area (Å²) in [6.45, 7) is 2.00. The van der Waals surface area contributed by atoms with E-state index >= 15 is 0 Å². The van der Waals surface area contributed by atoms with E-state index in [0.717, 1.165) is 16.1 Å². The summed E-state index contributed by atoms with van der Waals surface area (Å²) < 4.78 is 16.2. The second kappa shape index (κ2) is 8.01. The van der Waals surface area contributed by atoms with Gasteiger partial charge in [-0.15, -0.1) is 11.3 Å². The van der Waals surface area contributed by atoms with E-state index < -0.39 is 0 Å². The zero-order valence-corrected chi connectivity index (χ0v) is 15.6. The first-order valence-corrected chi connectivity index (χ1v) is 8.90. The molecule has 0 fully saturated rings. The highest BCUT2D eigenvalue weighted by Gasteiger charge is 2.16. The summed E-state index contributed by atoms with van der Waals surface area (Å²) in [4.78, 5) is 16.8. The number of rotatable bonds is 6. The van der Waals surface area contributed by atoms with Crippen molar-refractivity contribution in [1.82, 2.24) is 4.98 Å². The summed E-state index contributed by atoms with van der Waals surface area (Å²) in [5, 5.41) is 2.65. The Bertz CT molecular complexity index is 920. The van der Waals surface area contributed by atoms with Gasteiger partial charge < -0.3 is 14.2 Å². The highest BCUT2D eigenvalue weighted by atomic mass is 32.1. The number of hydrogen-bond acceptors (Lipinski definition) is 6. The maximum absolute atomic E-state index is 12.2. The molecule has 0 unspecified atom stereocenters. The fourth-order valence-electron chi connectivity index (χ4n) is 2.57. The predicted molar refractivity (Wildman–Crippen MR) is 101 cm³/mol. The minimum atomic E-state index is -0.350. The van der Waals surface area contributed by atoms with Crippen LogP contribution in [0.1, 0.15) is 21.6 Å². The number of para-hydroxylation sites is 1. The lowest BCUT2D eigenvalue weighted by Crippen LogP contribution is -2.07. The molecule has 0 aliphatic rings. The highest BCUT2D eigenvalue weighted by molar-refractivity contribution is 7.13. The van der Waals surface area contributed by atoms with Gasteiger partial charge in [-0.1, -0.05) is 24.3 Å². The van der Waals surface area contributed by atoms with Gasteiger partial charge in [0.15, 0.2) is 11.5 Å². The van der Waals surface area contributed by atoms with Crippen LogP contribution in [0, 0.1) is 6.92 Å². The molecule has 134 valence electrons. The molecule has 0 bridgehead atoms. The number of ether oxygens (including phenoxy) is 3. The molecule has 0 aliphatic heterocycles. The number of thiazole rings is 1. The molecule has 0 amide bonds.